The number of ether oxygens (including phenoxy) is 1. The standard InChI is InChI=1S/C14H14ClN3O/c1-8-10(7-16)17-13-11(19-4)6-5-9(15)12(13)14(8)18(2)3/h5-6H,1-4H3. The largest absolute Gasteiger partial charge is 0.494 e. The van der Waals surface area contributed by atoms with Gasteiger partial charge in [0.25, 0.3) is 0 Å². The molecule has 98 valence electrons. The van der Waals surface area contributed by atoms with E-state index in [1.54, 1.807) is 19.2 Å². The SMILES string of the molecule is COc1ccc(Cl)c2c(N(C)C)c(C)c(C#N)nc12. The topological polar surface area (TPSA) is 49.1 Å². The number of methoxy groups -OCH3 is 1. The maximum Gasteiger partial charge on any atom is 0.146 e. The normalized spacial score (nSPS) is 10.3. The maximum atomic E-state index is 9.21. The number of nitrogens with zero attached hydrogens (tertiary/aromatic N) is 3. The monoisotopic (exact) mass is 275 g/mol. The highest BCUT2D eigenvalue weighted by Gasteiger charge is 2.18. The van der Waals surface area contributed by atoms with E-state index < -0.39 is 0 Å². The predicted octanol–water partition coefficient (Wildman–Crippen LogP) is 3.14. The van der Waals surface area contributed by atoms with Crippen molar-refractivity contribution in [3.63, 3.8) is 0 Å². The van der Waals surface area contributed by atoms with Crippen LogP contribution in [0.1, 0.15) is 11.3 Å². The molecule has 0 spiro atoms. The minimum absolute atomic E-state index is 0.386. The van der Waals surface area contributed by atoms with Crippen LogP contribution in [0, 0.1) is 18.3 Å². The summed E-state index contributed by atoms with van der Waals surface area (Å²) in [5, 5.41) is 10.6. The van der Waals surface area contributed by atoms with Crippen molar-refractivity contribution in [3.8, 4) is 11.8 Å². The zero-order chi connectivity index (χ0) is 14.2. The Kier molecular flexibility index (Phi) is 3.50. The maximum absolute atomic E-state index is 9.21. The van der Waals surface area contributed by atoms with Crippen LogP contribution in [-0.4, -0.2) is 26.2 Å². The average molecular weight is 276 g/mol. The number of pyridine rings is 1. The fraction of sp³-hybridized carbons (Fsp3) is 0.286. The summed E-state index contributed by atoms with van der Waals surface area (Å²) in [7, 11) is 5.41. The molecule has 1 aromatic carbocycles. The van der Waals surface area contributed by atoms with Crippen molar-refractivity contribution < 1.29 is 4.74 Å². The van der Waals surface area contributed by atoms with Crippen molar-refractivity contribution in [2.75, 3.05) is 26.1 Å². The molecule has 1 aromatic heterocycles. The van der Waals surface area contributed by atoms with Gasteiger partial charge in [-0.3, -0.25) is 0 Å². The van der Waals surface area contributed by atoms with E-state index in [0.29, 0.717) is 22.0 Å². The zero-order valence-electron chi connectivity index (χ0n) is 11.3. The number of fused-ring (bicyclic) bond motifs is 1. The molecule has 0 unspecified atom stereocenters. The van der Waals surface area contributed by atoms with Gasteiger partial charge in [-0.25, -0.2) is 4.98 Å². The lowest BCUT2D eigenvalue weighted by Gasteiger charge is -2.20. The van der Waals surface area contributed by atoms with Gasteiger partial charge in [0.05, 0.1) is 17.8 Å². The predicted molar refractivity (Wildman–Crippen MR) is 77.1 cm³/mol. The minimum Gasteiger partial charge on any atom is -0.494 e. The Hall–Kier alpha value is -1.99. The lowest BCUT2D eigenvalue weighted by atomic mass is 10.1. The first-order chi connectivity index (χ1) is 9.01. The van der Waals surface area contributed by atoms with Crippen LogP contribution in [0.3, 0.4) is 0 Å². The van der Waals surface area contributed by atoms with Gasteiger partial charge in [-0.15, -0.1) is 0 Å². The van der Waals surface area contributed by atoms with E-state index >= 15 is 0 Å². The Balaban J connectivity index is 3.04. The second kappa shape index (κ2) is 4.94. The van der Waals surface area contributed by atoms with Crippen molar-refractivity contribution in [3.05, 3.63) is 28.4 Å². The lowest BCUT2D eigenvalue weighted by molar-refractivity contribution is 0.419. The molecule has 0 amide bonds. The Labute approximate surface area is 117 Å². The molecule has 0 atom stereocenters. The summed E-state index contributed by atoms with van der Waals surface area (Å²) >= 11 is 6.30. The number of hydrogen-bond acceptors (Lipinski definition) is 4. The third-order valence-electron chi connectivity index (χ3n) is 3.03. The fourth-order valence-electron chi connectivity index (χ4n) is 2.21. The number of benzene rings is 1. The van der Waals surface area contributed by atoms with E-state index in [-0.39, 0.29) is 0 Å². The second-order valence-corrected chi connectivity index (χ2v) is 4.82. The van der Waals surface area contributed by atoms with Crippen LogP contribution >= 0.6 is 11.6 Å². The van der Waals surface area contributed by atoms with Crippen LogP contribution < -0.4 is 9.64 Å². The molecule has 0 saturated heterocycles. The third-order valence-corrected chi connectivity index (χ3v) is 3.35. The molecule has 0 bridgehead atoms. The van der Waals surface area contributed by atoms with E-state index in [1.807, 2.05) is 25.9 Å². The van der Waals surface area contributed by atoms with Gasteiger partial charge in [0.2, 0.25) is 0 Å². The Morgan fingerprint density at radius 3 is 2.58 bits per heavy atom. The lowest BCUT2D eigenvalue weighted by Crippen LogP contribution is -2.13. The minimum atomic E-state index is 0.386. The first-order valence-electron chi connectivity index (χ1n) is 5.75. The zero-order valence-corrected chi connectivity index (χ0v) is 12.0. The van der Waals surface area contributed by atoms with Crippen LogP contribution in [0.2, 0.25) is 5.02 Å². The summed E-state index contributed by atoms with van der Waals surface area (Å²) in [5.74, 6) is 0.610. The number of aromatic nitrogens is 1. The summed E-state index contributed by atoms with van der Waals surface area (Å²) < 4.78 is 5.31. The van der Waals surface area contributed by atoms with Gasteiger partial charge >= 0.3 is 0 Å². The highest BCUT2D eigenvalue weighted by molar-refractivity contribution is 6.37. The molecule has 0 N–H and O–H groups in total. The molecular weight excluding hydrogens is 262 g/mol. The Morgan fingerprint density at radius 2 is 2.05 bits per heavy atom. The summed E-state index contributed by atoms with van der Waals surface area (Å²) in [6.45, 7) is 1.87. The first kappa shape index (κ1) is 13.4. The number of anilines is 1. The number of hydrogen-bond donors (Lipinski definition) is 0. The Morgan fingerprint density at radius 1 is 1.37 bits per heavy atom. The molecular formula is C14H14ClN3O. The number of rotatable bonds is 2. The third kappa shape index (κ3) is 2.06. The molecule has 2 aromatic rings. The first-order valence-corrected chi connectivity index (χ1v) is 6.13. The molecule has 0 aliphatic rings. The molecule has 4 nitrogen and oxygen atoms in total. The van der Waals surface area contributed by atoms with E-state index in [0.717, 1.165) is 16.6 Å². The van der Waals surface area contributed by atoms with Gasteiger partial charge in [-0.2, -0.15) is 5.26 Å². The van der Waals surface area contributed by atoms with Crippen molar-refractivity contribution >= 4 is 28.2 Å². The fourth-order valence-corrected chi connectivity index (χ4v) is 2.45. The van der Waals surface area contributed by atoms with Gasteiger partial charge in [0.1, 0.15) is 23.0 Å². The van der Waals surface area contributed by atoms with Crippen molar-refractivity contribution in [1.82, 2.24) is 4.98 Å². The van der Waals surface area contributed by atoms with E-state index in [4.69, 9.17) is 16.3 Å². The molecule has 0 aliphatic carbocycles. The second-order valence-electron chi connectivity index (χ2n) is 4.41. The van der Waals surface area contributed by atoms with Crippen LogP contribution in [0.15, 0.2) is 12.1 Å². The highest BCUT2D eigenvalue weighted by atomic mass is 35.5. The van der Waals surface area contributed by atoms with E-state index in [2.05, 4.69) is 11.1 Å². The highest BCUT2D eigenvalue weighted by Crippen LogP contribution is 2.38. The van der Waals surface area contributed by atoms with Gasteiger partial charge < -0.3 is 9.64 Å². The molecule has 0 aliphatic heterocycles. The van der Waals surface area contributed by atoms with Crippen LogP contribution in [0.4, 0.5) is 5.69 Å². The summed E-state index contributed by atoms with van der Waals surface area (Å²) in [5.41, 5.74) is 2.71. The number of halogens is 1. The summed E-state index contributed by atoms with van der Waals surface area (Å²) in [6.07, 6.45) is 0. The smallest absolute Gasteiger partial charge is 0.146 e. The molecule has 0 fully saturated rings. The average Bonchev–Trinajstić information content (AvgIpc) is 2.38. The van der Waals surface area contributed by atoms with E-state index in [9.17, 15) is 5.26 Å². The summed E-state index contributed by atoms with van der Waals surface area (Å²) in [6, 6.07) is 5.66. The molecule has 0 radical (unpaired) electrons. The molecule has 19 heavy (non-hydrogen) atoms. The quantitative estimate of drug-likeness (QED) is 0.845. The van der Waals surface area contributed by atoms with Crippen molar-refractivity contribution in [2.45, 2.75) is 6.92 Å². The number of nitriles is 1. The van der Waals surface area contributed by atoms with Gasteiger partial charge in [-0.05, 0) is 19.1 Å². The molecule has 1 heterocycles. The Bertz CT molecular complexity index is 689. The van der Waals surface area contributed by atoms with Gasteiger partial charge in [0.15, 0.2) is 0 Å². The van der Waals surface area contributed by atoms with E-state index in [1.165, 1.54) is 0 Å². The van der Waals surface area contributed by atoms with Crippen molar-refractivity contribution in [2.24, 2.45) is 0 Å². The van der Waals surface area contributed by atoms with Crippen LogP contribution in [-0.2, 0) is 0 Å². The van der Waals surface area contributed by atoms with Crippen molar-refractivity contribution in [1.29, 1.82) is 5.26 Å². The summed E-state index contributed by atoms with van der Waals surface area (Å²) in [4.78, 5) is 6.31. The van der Waals surface area contributed by atoms with Crippen LogP contribution in [0.25, 0.3) is 10.9 Å². The van der Waals surface area contributed by atoms with Crippen LogP contribution in [0.5, 0.6) is 5.75 Å². The van der Waals surface area contributed by atoms with Gasteiger partial charge in [-0.1, -0.05) is 11.6 Å². The molecule has 0 saturated carbocycles. The molecule has 2 rings (SSSR count). The molecule has 5 heteroatoms. The van der Waals surface area contributed by atoms with Gasteiger partial charge in [0, 0.05) is 25.0 Å².